The molecular weight excluding hydrogens is 640 g/mol. The van der Waals surface area contributed by atoms with Crippen molar-refractivity contribution in [3.05, 3.63) is 69.8 Å². The first kappa shape index (κ1) is 36.7. The lowest BCUT2D eigenvalue weighted by Gasteiger charge is -2.28. The highest BCUT2D eigenvalue weighted by atomic mass is 16.5. The molecule has 1 fully saturated rings. The minimum Gasteiger partial charge on any atom is -0.478 e. The number of rotatable bonds is 20. The fourth-order valence-corrected chi connectivity index (χ4v) is 5.88. The number of carbonyl (C=O) groups is 1. The van der Waals surface area contributed by atoms with Crippen molar-refractivity contribution in [2.75, 3.05) is 72.0 Å². The number of hydrogen-bond acceptors (Lipinski definition) is 12. The zero-order chi connectivity index (χ0) is 35.1. The van der Waals surface area contributed by atoms with Gasteiger partial charge < -0.3 is 29.7 Å². The Bertz CT molecular complexity index is 1700. The average Bonchev–Trinajstić information content (AvgIpc) is 3.44. The van der Waals surface area contributed by atoms with Crippen molar-refractivity contribution in [3.8, 4) is 11.9 Å². The predicted octanol–water partition coefficient (Wildman–Crippen LogP) is 3.42. The first-order valence-electron chi connectivity index (χ1n) is 17.6. The van der Waals surface area contributed by atoms with Gasteiger partial charge in [-0.25, -0.2) is 9.78 Å². The number of pyridine rings is 1. The Balaban J connectivity index is 1.11. The summed E-state index contributed by atoms with van der Waals surface area (Å²) in [6, 6.07) is 12.1. The minimum absolute atomic E-state index is 0.152. The summed E-state index contributed by atoms with van der Waals surface area (Å²) in [6.07, 6.45) is 6.74. The molecule has 14 nitrogen and oxygen atoms in total. The number of anilines is 1. The van der Waals surface area contributed by atoms with Crippen LogP contribution in [0.4, 0.5) is 5.82 Å². The number of morpholine rings is 1. The van der Waals surface area contributed by atoms with Gasteiger partial charge in [-0.15, -0.1) is 0 Å². The van der Waals surface area contributed by atoms with E-state index in [1.807, 2.05) is 24.3 Å². The normalized spacial score (nSPS) is 13.6. The third-order valence-corrected chi connectivity index (χ3v) is 8.64. The van der Waals surface area contributed by atoms with Gasteiger partial charge in [0.15, 0.2) is 11.5 Å². The molecule has 0 aliphatic carbocycles. The summed E-state index contributed by atoms with van der Waals surface area (Å²) in [7, 11) is 1.42. The number of H-pyrrole nitrogens is 1. The highest BCUT2D eigenvalue weighted by Crippen LogP contribution is 2.19. The molecule has 1 saturated heterocycles. The SMILES string of the molecule is CCCCOc1nc(N)c2[nH]c(=O)n(Cc3ccc(OCCCCN(CCCN4CCOCC4)Cc4cccc(CC(=O)OC)c4)nc3)c2n1. The van der Waals surface area contributed by atoms with E-state index in [1.54, 1.807) is 6.20 Å². The Labute approximate surface area is 292 Å². The van der Waals surface area contributed by atoms with Crippen LogP contribution in [-0.2, 0) is 33.8 Å². The van der Waals surface area contributed by atoms with Crippen molar-refractivity contribution in [1.82, 2.24) is 34.3 Å². The summed E-state index contributed by atoms with van der Waals surface area (Å²) < 4.78 is 23.5. The Kier molecular flexibility index (Phi) is 14.0. The third-order valence-electron chi connectivity index (χ3n) is 8.64. The number of carbonyl (C=O) groups excluding carboxylic acids is 1. The summed E-state index contributed by atoms with van der Waals surface area (Å²) in [5, 5.41) is 0. The third kappa shape index (κ3) is 11.0. The van der Waals surface area contributed by atoms with Gasteiger partial charge in [-0.1, -0.05) is 43.7 Å². The molecule has 0 saturated carbocycles. The number of nitrogen functional groups attached to an aromatic ring is 1. The molecule has 0 atom stereocenters. The van der Waals surface area contributed by atoms with Crippen LogP contribution >= 0.6 is 0 Å². The molecule has 14 heteroatoms. The van der Waals surface area contributed by atoms with Crippen LogP contribution in [0.15, 0.2) is 47.4 Å². The highest BCUT2D eigenvalue weighted by molar-refractivity contribution is 5.82. The van der Waals surface area contributed by atoms with Gasteiger partial charge in [0.1, 0.15) is 5.52 Å². The number of nitrogens with two attached hydrogens (primary N) is 1. The van der Waals surface area contributed by atoms with E-state index in [4.69, 9.17) is 24.7 Å². The van der Waals surface area contributed by atoms with E-state index in [9.17, 15) is 9.59 Å². The van der Waals surface area contributed by atoms with Crippen molar-refractivity contribution < 1.29 is 23.7 Å². The van der Waals surface area contributed by atoms with E-state index in [2.05, 4.69) is 48.8 Å². The standard InChI is InChI=1S/C36H50N8O6/c1-3-4-18-50-35-40-33(37)32-34(41-35)44(36(46)39-32)26-29-11-12-30(38-24-29)49-19-6-5-13-43(15-8-14-42-16-20-48-21-17-42)25-28-10-7-9-27(22-28)23-31(45)47-2/h7,9-12,22,24H,3-6,8,13-21,23,25-26H2,1-2H3,(H,39,46)(H2,37,40,41). The summed E-state index contributed by atoms with van der Waals surface area (Å²) in [5.74, 6) is 0.462. The number of methoxy groups -OCH3 is 1. The fraction of sp³-hybridized carbons (Fsp3) is 0.528. The van der Waals surface area contributed by atoms with Gasteiger partial charge in [-0.05, 0) is 62.0 Å². The maximum absolute atomic E-state index is 12.8. The molecule has 3 N–H and O–H groups in total. The van der Waals surface area contributed by atoms with Crippen molar-refractivity contribution >= 4 is 23.0 Å². The molecule has 4 aromatic rings. The lowest BCUT2D eigenvalue weighted by Crippen LogP contribution is -2.38. The molecule has 50 heavy (non-hydrogen) atoms. The van der Waals surface area contributed by atoms with Gasteiger partial charge in [-0.3, -0.25) is 19.2 Å². The van der Waals surface area contributed by atoms with Crippen LogP contribution < -0.4 is 20.9 Å². The van der Waals surface area contributed by atoms with E-state index >= 15 is 0 Å². The Morgan fingerprint density at radius 3 is 2.58 bits per heavy atom. The molecule has 3 aromatic heterocycles. The monoisotopic (exact) mass is 690 g/mol. The highest BCUT2D eigenvalue weighted by Gasteiger charge is 2.16. The van der Waals surface area contributed by atoms with Gasteiger partial charge in [-0.2, -0.15) is 9.97 Å². The Morgan fingerprint density at radius 2 is 1.80 bits per heavy atom. The lowest BCUT2D eigenvalue weighted by atomic mass is 10.1. The molecule has 0 spiro atoms. The summed E-state index contributed by atoms with van der Waals surface area (Å²) in [5.41, 5.74) is 9.48. The fourth-order valence-electron chi connectivity index (χ4n) is 5.88. The number of nitrogens with one attached hydrogen (secondary N) is 1. The van der Waals surface area contributed by atoms with Crippen molar-refractivity contribution in [2.45, 2.75) is 58.5 Å². The first-order valence-corrected chi connectivity index (χ1v) is 17.6. The van der Waals surface area contributed by atoms with Crippen molar-refractivity contribution in [1.29, 1.82) is 0 Å². The van der Waals surface area contributed by atoms with Crippen LogP contribution in [0.5, 0.6) is 11.9 Å². The molecule has 5 rings (SSSR count). The number of unbranched alkanes of at least 4 members (excludes halogenated alkanes) is 2. The number of ether oxygens (including phenoxy) is 4. The molecule has 1 aliphatic rings. The number of benzene rings is 1. The first-order chi connectivity index (χ1) is 24.4. The maximum Gasteiger partial charge on any atom is 0.328 e. The van der Waals surface area contributed by atoms with E-state index in [0.29, 0.717) is 30.3 Å². The molecule has 270 valence electrons. The van der Waals surface area contributed by atoms with Gasteiger partial charge >= 0.3 is 17.7 Å². The largest absolute Gasteiger partial charge is 0.478 e. The van der Waals surface area contributed by atoms with Crippen LogP contribution in [0.3, 0.4) is 0 Å². The predicted molar refractivity (Wildman–Crippen MR) is 190 cm³/mol. The van der Waals surface area contributed by atoms with E-state index in [1.165, 1.54) is 17.2 Å². The van der Waals surface area contributed by atoms with Crippen LogP contribution in [0.1, 0.15) is 55.7 Å². The number of imidazole rings is 1. The van der Waals surface area contributed by atoms with E-state index < -0.39 is 0 Å². The van der Waals surface area contributed by atoms with Gasteiger partial charge in [0, 0.05) is 31.9 Å². The Morgan fingerprint density at radius 1 is 1.00 bits per heavy atom. The lowest BCUT2D eigenvalue weighted by molar-refractivity contribution is -0.139. The minimum atomic E-state index is -0.337. The second kappa shape index (κ2) is 19.0. The molecule has 1 aromatic carbocycles. The summed E-state index contributed by atoms with van der Waals surface area (Å²) in [6.45, 7) is 10.7. The maximum atomic E-state index is 12.8. The molecule has 1 aliphatic heterocycles. The van der Waals surface area contributed by atoms with E-state index in [0.717, 1.165) is 95.7 Å². The van der Waals surface area contributed by atoms with Gasteiger partial charge in [0.25, 0.3) is 0 Å². The molecule has 0 unspecified atom stereocenters. The van der Waals surface area contributed by atoms with Crippen molar-refractivity contribution in [3.63, 3.8) is 0 Å². The number of aromatic amines is 1. The zero-order valence-electron chi connectivity index (χ0n) is 29.3. The number of esters is 1. The summed E-state index contributed by atoms with van der Waals surface area (Å²) >= 11 is 0. The van der Waals surface area contributed by atoms with Crippen LogP contribution in [0.25, 0.3) is 11.2 Å². The quantitative estimate of drug-likeness (QED) is 0.103. The topological polar surface area (TPSA) is 163 Å². The van der Waals surface area contributed by atoms with Crippen LogP contribution in [0.2, 0.25) is 0 Å². The number of nitrogens with zero attached hydrogens (tertiary/aromatic N) is 6. The number of hydrogen-bond donors (Lipinski definition) is 2. The molecular formula is C36H50N8O6. The second-order valence-electron chi connectivity index (χ2n) is 12.5. The van der Waals surface area contributed by atoms with E-state index in [-0.39, 0.29) is 36.5 Å². The Hall–Kier alpha value is -4.53. The van der Waals surface area contributed by atoms with Gasteiger partial charge in [0.2, 0.25) is 5.88 Å². The molecule has 4 heterocycles. The smallest absolute Gasteiger partial charge is 0.328 e. The number of aromatic nitrogens is 5. The average molecular weight is 691 g/mol. The zero-order valence-corrected chi connectivity index (χ0v) is 29.3. The molecule has 0 amide bonds. The van der Waals surface area contributed by atoms with Crippen LogP contribution in [0, 0.1) is 0 Å². The summed E-state index contributed by atoms with van der Waals surface area (Å²) in [4.78, 5) is 45.4. The molecule has 0 radical (unpaired) electrons. The number of fused-ring (bicyclic) bond motifs is 1. The second-order valence-corrected chi connectivity index (χ2v) is 12.5. The van der Waals surface area contributed by atoms with Crippen molar-refractivity contribution in [2.24, 2.45) is 0 Å². The van der Waals surface area contributed by atoms with Crippen LogP contribution in [-0.4, -0.2) is 107 Å². The molecule has 0 bridgehead atoms. The van der Waals surface area contributed by atoms with Gasteiger partial charge in [0.05, 0.1) is 46.5 Å².